The molecule has 1 atom stereocenters. The third kappa shape index (κ3) is 6.82. The van der Waals surface area contributed by atoms with Crippen LogP contribution < -0.4 is 14.8 Å². The Kier molecular flexibility index (Phi) is 8.77. The van der Waals surface area contributed by atoms with Gasteiger partial charge >= 0.3 is 5.97 Å². The highest BCUT2D eigenvalue weighted by atomic mass is 16.7. The van der Waals surface area contributed by atoms with E-state index in [1.165, 1.54) is 49.8 Å². The Morgan fingerprint density at radius 1 is 0.805 bits per heavy atom. The van der Waals surface area contributed by atoms with Crippen molar-refractivity contribution in [2.45, 2.75) is 56.8 Å². The number of amides is 1. The Balaban J connectivity index is 1.37. The van der Waals surface area contributed by atoms with Gasteiger partial charge in [0.15, 0.2) is 23.1 Å². The summed E-state index contributed by atoms with van der Waals surface area (Å²) in [6.45, 7) is 0.116. The SMILES string of the molecule is O=C(O)CCNC(=O)c1ccc(C(=O)C(CC(=O)c2ccc3c(c2)OCO3)c2ccc(C3CCCCC3)cc2)cc1. The molecule has 5 rings (SSSR count). The predicted octanol–water partition coefficient (Wildman–Crippen LogP) is 5.91. The van der Waals surface area contributed by atoms with Gasteiger partial charge in [-0.15, -0.1) is 0 Å². The molecule has 0 saturated heterocycles. The summed E-state index contributed by atoms with van der Waals surface area (Å²) >= 11 is 0. The van der Waals surface area contributed by atoms with E-state index in [1.807, 2.05) is 12.1 Å². The molecule has 212 valence electrons. The van der Waals surface area contributed by atoms with Gasteiger partial charge in [0.1, 0.15) is 0 Å². The van der Waals surface area contributed by atoms with Crippen molar-refractivity contribution in [3.8, 4) is 11.5 Å². The summed E-state index contributed by atoms with van der Waals surface area (Å²) in [7, 11) is 0. The van der Waals surface area contributed by atoms with Crippen LogP contribution in [0.2, 0.25) is 0 Å². The number of rotatable bonds is 11. The van der Waals surface area contributed by atoms with Crippen LogP contribution in [-0.4, -0.2) is 41.9 Å². The van der Waals surface area contributed by atoms with Crippen molar-refractivity contribution in [2.75, 3.05) is 13.3 Å². The molecule has 1 aliphatic carbocycles. The molecular formula is C33H33NO7. The van der Waals surface area contributed by atoms with Gasteiger partial charge in [-0.2, -0.15) is 0 Å². The normalized spacial score (nSPS) is 15.2. The maximum Gasteiger partial charge on any atom is 0.305 e. The van der Waals surface area contributed by atoms with Crippen molar-refractivity contribution in [1.29, 1.82) is 0 Å². The molecule has 1 saturated carbocycles. The lowest BCUT2D eigenvalue weighted by atomic mass is 9.81. The second-order valence-corrected chi connectivity index (χ2v) is 10.6. The molecule has 8 nitrogen and oxygen atoms in total. The molecule has 0 aromatic heterocycles. The zero-order chi connectivity index (χ0) is 28.8. The van der Waals surface area contributed by atoms with Crippen LogP contribution in [0.3, 0.4) is 0 Å². The van der Waals surface area contributed by atoms with Crippen molar-refractivity contribution in [1.82, 2.24) is 5.32 Å². The summed E-state index contributed by atoms with van der Waals surface area (Å²) < 4.78 is 10.8. The van der Waals surface area contributed by atoms with Gasteiger partial charge in [-0.3, -0.25) is 19.2 Å². The molecule has 2 aliphatic rings. The lowest BCUT2D eigenvalue weighted by Crippen LogP contribution is -2.26. The maximum absolute atomic E-state index is 13.9. The number of ether oxygens (including phenoxy) is 2. The molecule has 1 aliphatic heterocycles. The van der Waals surface area contributed by atoms with Crippen LogP contribution in [-0.2, 0) is 4.79 Å². The number of aliphatic carboxylic acids is 1. The fourth-order valence-corrected chi connectivity index (χ4v) is 5.54. The molecule has 3 aromatic rings. The van der Waals surface area contributed by atoms with Gasteiger partial charge in [-0.25, -0.2) is 0 Å². The fourth-order valence-electron chi connectivity index (χ4n) is 5.54. The Labute approximate surface area is 238 Å². The molecule has 2 N–H and O–H groups in total. The molecular weight excluding hydrogens is 522 g/mol. The third-order valence-corrected chi connectivity index (χ3v) is 7.87. The standard InChI is InChI=1S/C33H33NO7/c35-28(26-14-15-29-30(18-26)41-20-40-29)19-27(23-8-6-22(7-9-23)21-4-2-1-3-5-21)32(38)24-10-12-25(13-11-24)33(39)34-17-16-31(36)37/h6-15,18,21,27H,1-5,16-17,19-20H2,(H,34,39)(H,36,37). The summed E-state index contributed by atoms with van der Waals surface area (Å²) in [6.07, 6.45) is 5.85. The number of hydrogen-bond acceptors (Lipinski definition) is 6. The average Bonchev–Trinajstić information content (AvgIpc) is 3.48. The number of nitrogens with one attached hydrogen (secondary N) is 1. The fraction of sp³-hybridized carbons (Fsp3) is 0.333. The van der Waals surface area contributed by atoms with E-state index in [0.29, 0.717) is 34.1 Å². The Hall–Kier alpha value is -4.46. The Morgan fingerprint density at radius 2 is 1.46 bits per heavy atom. The van der Waals surface area contributed by atoms with Crippen LogP contribution in [0.25, 0.3) is 0 Å². The molecule has 0 radical (unpaired) electrons. The van der Waals surface area contributed by atoms with E-state index in [2.05, 4.69) is 17.4 Å². The number of ketones is 2. The second-order valence-electron chi connectivity index (χ2n) is 10.6. The van der Waals surface area contributed by atoms with E-state index in [-0.39, 0.29) is 37.7 Å². The summed E-state index contributed by atoms with van der Waals surface area (Å²) in [5.74, 6) is -0.931. The van der Waals surface area contributed by atoms with E-state index in [1.54, 1.807) is 30.3 Å². The number of carboxylic acids is 1. The lowest BCUT2D eigenvalue weighted by molar-refractivity contribution is -0.136. The van der Waals surface area contributed by atoms with Crippen molar-refractivity contribution in [3.05, 3.63) is 94.5 Å². The molecule has 1 amide bonds. The summed E-state index contributed by atoms with van der Waals surface area (Å²) in [5, 5.41) is 11.3. The van der Waals surface area contributed by atoms with E-state index >= 15 is 0 Å². The monoisotopic (exact) mass is 555 g/mol. The first-order valence-electron chi connectivity index (χ1n) is 14.1. The first-order valence-corrected chi connectivity index (χ1v) is 14.1. The van der Waals surface area contributed by atoms with Crippen LogP contribution in [0.1, 0.15) is 99.0 Å². The number of hydrogen-bond donors (Lipinski definition) is 2. The number of benzene rings is 3. The van der Waals surface area contributed by atoms with E-state index in [4.69, 9.17) is 14.6 Å². The van der Waals surface area contributed by atoms with Crippen LogP contribution in [0.5, 0.6) is 11.5 Å². The summed E-state index contributed by atoms with van der Waals surface area (Å²) in [5.41, 5.74) is 3.17. The minimum atomic E-state index is -1.00. The first kappa shape index (κ1) is 28.1. The van der Waals surface area contributed by atoms with Crippen LogP contribution in [0.4, 0.5) is 0 Å². The maximum atomic E-state index is 13.9. The quantitative estimate of drug-likeness (QED) is 0.283. The van der Waals surface area contributed by atoms with Gasteiger partial charge in [-0.1, -0.05) is 55.7 Å². The number of carbonyl (C=O) groups is 4. The molecule has 0 spiro atoms. The third-order valence-electron chi connectivity index (χ3n) is 7.87. The first-order chi connectivity index (χ1) is 19.9. The van der Waals surface area contributed by atoms with Crippen molar-refractivity contribution in [3.63, 3.8) is 0 Å². The largest absolute Gasteiger partial charge is 0.481 e. The highest BCUT2D eigenvalue weighted by Gasteiger charge is 2.27. The van der Waals surface area contributed by atoms with Crippen molar-refractivity contribution >= 4 is 23.4 Å². The highest BCUT2D eigenvalue weighted by Crippen LogP contribution is 2.36. The number of carbonyl (C=O) groups excluding carboxylic acids is 3. The van der Waals surface area contributed by atoms with Crippen LogP contribution >= 0.6 is 0 Å². The van der Waals surface area contributed by atoms with Crippen LogP contribution in [0.15, 0.2) is 66.7 Å². The van der Waals surface area contributed by atoms with E-state index in [9.17, 15) is 19.2 Å². The molecule has 41 heavy (non-hydrogen) atoms. The molecule has 1 fully saturated rings. The van der Waals surface area contributed by atoms with Gasteiger partial charge in [0.25, 0.3) is 5.91 Å². The minimum absolute atomic E-state index is 0.00967. The van der Waals surface area contributed by atoms with Crippen molar-refractivity contribution < 1.29 is 33.8 Å². The van der Waals surface area contributed by atoms with Crippen molar-refractivity contribution in [2.24, 2.45) is 0 Å². The van der Waals surface area contributed by atoms with Gasteiger partial charge in [0, 0.05) is 29.7 Å². The average molecular weight is 556 g/mol. The molecule has 0 bridgehead atoms. The topological polar surface area (TPSA) is 119 Å². The van der Waals surface area contributed by atoms with E-state index in [0.717, 1.165) is 5.56 Å². The molecule has 1 unspecified atom stereocenters. The number of carboxylic acid groups (broad SMARTS) is 1. The van der Waals surface area contributed by atoms with Crippen LogP contribution in [0, 0.1) is 0 Å². The number of fused-ring (bicyclic) bond motifs is 1. The summed E-state index contributed by atoms with van der Waals surface area (Å²) in [6, 6.07) is 19.3. The van der Waals surface area contributed by atoms with Gasteiger partial charge in [0.05, 0.1) is 12.3 Å². The Bertz CT molecular complexity index is 1420. The molecule has 3 aromatic carbocycles. The highest BCUT2D eigenvalue weighted by molar-refractivity contribution is 6.06. The minimum Gasteiger partial charge on any atom is -0.481 e. The zero-order valence-electron chi connectivity index (χ0n) is 22.8. The molecule has 8 heteroatoms. The second kappa shape index (κ2) is 12.8. The smallest absolute Gasteiger partial charge is 0.305 e. The van der Waals surface area contributed by atoms with E-state index < -0.39 is 17.8 Å². The lowest BCUT2D eigenvalue weighted by Gasteiger charge is -2.23. The molecule has 1 heterocycles. The number of Topliss-reactive ketones (excluding diaryl/α,β-unsaturated/α-hetero) is 2. The van der Waals surface area contributed by atoms with Gasteiger partial charge in [-0.05, 0) is 60.2 Å². The summed E-state index contributed by atoms with van der Waals surface area (Å²) in [4.78, 5) is 50.3. The van der Waals surface area contributed by atoms with Gasteiger partial charge < -0.3 is 19.9 Å². The Morgan fingerprint density at radius 3 is 2.17 bits per heavy atom. The van der Waals surface area contributed by atoms with Gasteiger partial charge in [0.2, 0.25) is 6.79 Å². The predicted molar refractivity (Wildman–Crippen MR) is 152 cm³/mol. The zero-order valence-corrected chi connectivity index (χ0v) is 22.8.